The molecule has 0 aliphatic carbocycles. The average molecular weight is 232 g/mol. The summed E-state index contributed by atoms with van der Waals surface area (Å²) in [5.41, 5.74) is 0.0463. The molecular weight excluding hydrogens is 216 g/mol. The van der Waals surface area contributed by atoms with Gasteiger partial charge in [-0.2, -0.15) is 0 Å². The molecule has 0 amide bonds. The highest BCUT2D eigenvalue weighted by atomic mass is 16.4. The number of hydrogen-bond donors (Lipinski definition) is 3. The van der Waals surface area contributed by atoms with Crippen LogP contribution in [-0.2, 0) is 14.4 Å². The number of aliphatic hydroxyl groups excluding tert-OH is 1. The number of carboxylic acids is 2. The number of hydrogen-bond acceptors (Lipinski definition) is 4. The van der Waals surface area contributed by atoms with E-state index in [4.69, 9.17) is 15.3 Å². The van der Waals surface area contributed by atoms with Crippen molar-refractivity contribution in [1.82, 2.24) is 0 Å². The van der Waals surface area contributed by atoms with Crippen LogP contribution in [-0.4, -0.2) is 39.1 Å². The van der Waals surface area contributed by atoms with Crippen LogP contribution in [0.5, 0.6) is 0 Å². The van der Waals surface area contributed by atoms with Gasteiger partial charge in [0.1, 0.15) is 12.2 Å². The fourth-order valence-electron chi connectivity index (χ4n) is 0.657. The standard InChI is InChI=1S/C6H10O3.C4H6O3/c1-4(6(8)9)3-5(2)7;1-3(5)2-4(6)7/h5,7H,1,3H2,2H3,(H,8,9);2H2,1H3,(H,6,7). The number of carbonyl (C=O) groups is 3. The van der Waals surface area contributed by atoms with Gasteiger partial charge in [-0.15, -0.1) is 0 Å². The SMILES string of the molecule is C=C(CC(C)O)C(=O)O.CC(=O)CC(=O)O. The summed E-state index contributed by atoms with van der Waals surface area (Å²) in [6, 6.07) is 0. The van der Waals surface area contributed by atoms with E-state index in [9.17, 15) is 14.4 Å². The molecule has 16 heavy (non-hydrogen) atoms. The fraction of sp³-hybridized carbons (Fsp3) is 0.500. The molecule has 1 atom stereocenters. The number of ketones is 1. The van der Waals surface area contributed by atoms with Crippen molar-refractivity contribution in [1.29, 1.82) is 0 Å². The predicted octanol–water partition coefficient (Wildman–Crippen LogP) is 0.448. The van der Waals surface area contributed by atoms with Crippen molar-refractivity contribution in [3.8, 4) is 0 Å². The van der Waals surface area contributed by atoms with Gasteiger partial charge in [0.2, 0.25) is 0 Å². The van der Waals surface area contributed by atoms with Crippen molar-refractivity contribution < 1.29 is 29.7 Å². The Morgan fingerprint density at radius 3 is 1.75 bits per heavy atom. The molecule has 3 N–H and O–H groups in total. The van der Waals surface area contributed by atoms with Crippen molar-refractivity contribution in [2.75, 3.05) is 0 Å². The van der Waals surface area contributed by atoms with Crippen LogP contribution < -0.4 is 0 Å². The number of carbonyl (C=O) groups excluding carboxylic acids is 1. The highest BCUT2D eigenvalue weighted by Crippen LogP contribution is 2.01. The summed E-state index contributed by atoms with van der Waals surface area (Å²) < 4.78 is 0. The molecule has 0 spiro atoms. The summed E-state index contributed by atoms with van der Waals surface area (Å²) in [6.07, 6.45) is -0.844. The van der Waals surface area contributed by atoms with Crippen LogP contribution in [0.1, 0.15) is 26.7 Å². The second-order valence-electron chi connectivity index (χ2n) is 3.23. The van der Waals surface area contributed by atoms with E-state index in [2.05, 4.69) is 6.58 Å². The van der Waals surface area contributed by atoms with E-state index >= 15 is 0 Å². The van der Waals surface area contributed by atoms with Crippen molar-refractivity contribution in [2.45, 2.75) is 32.8 Å². The summed E-state index contributed by atoms with van der Waals surface area (Å²) >= 11 is 0. The molecule has 0 rings (SSSR count). The lowest BCUT2D eigenvalue weighted by Crippen LogP contribution is -2.07. The van der Waals surface area contributed by atoms with Crippen LogP contribution in [0.4, 0.5) is 0 Å². The molecule has 92 valence electrons. The van der Waals surface area contributed by atoms with Gasteiger partial charge in [-0.3, -0.25) is 9.59 Å². The number of rotatable bonds is 5. The van der Waals surface area contributed by atoms with Gasteiger partial charge >= 0.3 is 11.9 Å². The molecule has 0 saturated heterocycles. The third-order valence-corrected chi connectivity index (χ3v) is 1.24. The topological polar surface area (TPSA) is 112 Å². The van der Waals surface area contributed by atoms with Crippen LogP contribution >= 0.6 is 0 Å². The molecule has 6 heteroatoms. The first-order valence-corrected chi connectivity index (χ1v) is 4.47. The minimum atomic E-state index is -1.06. The van der Waals surface area contributed by atoms with Crippen molar-refractivity contribution in [2.24, 2.45) is 0 Å². The molecule has 0 aliphatic heterocycles. The highest BCUT2D eigenvalue weighted by Gasteiger charge is 2.05. The Bertz CT molecular complexity index is 267. The minimum Gasteiger partial charge on any atom is -0.481 e. The largest absolute Gasteiger partial charge is 0.481 e. The fourth-order valence-corrected chi connectivity index (χ4v) is 0.657. The lowest BCUT2D eigenvalue weighted by molar-refractivity contribution is -0.139. The third kappa shape index (κ3) is 14.8. The van der Waals surface area contributed by atoms with Crippen LogP contribution in [0, 0.1) is 0 Å². The van der Waals surface area contributed by atoms with E-state index in [1.54, 1.807) is 0 Å². The Labute approximate surface area is 93.2 Å². The van der Waals surface area contributed by atoms with E-state index in [-0.39, 0.29) is 24.2 Å². The van der Waals surface area contributed by atoms with Gasteiger partial charge < -0.3 is 15.3 Å². The van der Waals surface area contributed by atoms with E-state index in [1.165, 1.54) is 13.8 Å². The maximum absolute atomic E-state index is 10.0. The maximum atomic E-state index is 10.0. The first-order chi connectivity index (χ1) is 7.16. The first-order valence-electron chi connectivity index (χ1n) is 4.47. The second-order valence-corrected chi connectivity index (χ2v) is 3.23. The lowest BCUT2D eigenvalue weighted by Gasteiger charge is -2.01. The molecule has 0 aromatic heterocycles. The molecule has 0 heterocycles. The third-order valence-electron chi connectivity index (χ3n) is 1.24. The first kappa shape index (κ1) is 16.7. The Balaban J connectivity index is 0. The minimum absolute atomic E-state index is 0.0463. The molecular formula is C10H16O6. The van der Waals surface area contributed by atoms with Gasteiger partial charge in [0.25, 0.3) is 0 Å². The summed E-state index contributed by atoms with van der Waals surface area (Å²) in [5.74, 6) is -2.42. The van der Waals surface area contributed by atoms with Crippen LogP contribution in [0.15, 0.2) is 12.2 Å². The van der Waals surface area contributed by atoms with Gasteiger partial charge in [-0.1, -0.05) is 6.58 Å². The number of aliphatic hydroxyl groups is 1. The smallest absolute Gasteiger partial charge is 0.331 e. The number of Topliss-reactive ketones (excluding diaryl/α,β-unsaturated/α-hetero) is 1. The highest BCUT2D eigenvalue weighted by molar-refractivity contribution is 5.93. The van der Waals surface area contributed by atoms with Crippen molar-refractivity contribution in [3.05, 3.63) is 12.2 Å². The Kier molecular flexibility index (Phi) is 9.00. The van der Waals surface area contributed by atoms with Gasteiger partial charge in [0.05, 0.1) is 6.10 Å². The Morgan fingerprint density at radius 2 is 1.69 bits per heavy atom. The van der Waals surface area contributed by atoms with Crippen LogP contribution in [0.3, 0.4) is 0 Å². The normalized spacial score (nSPS) is 10.7. The molecule has 0 aromatic rings. The van der Waals surface area contributed by atoms with Crippen LogP contribution in [0.2, 0.25) is 0 Å². The molecule has 0 fully saturated rings. The van der Waals surface area contributed by atoms with Crippen molar-refractivity contribution >= 4 is 17.7 Å². The number of aliphatic carboxylic acids is 2. The summed E-state index contributed by atoms with van der Waals surface area (Å²) in [6.45, 7) is 6.00. The zero-order valence-electron chi connectivity index (χ0n) is 9.27. The molecule has 0 aliphatic rings. The Hall–Kier alpha value is -1.69. The van der Waals surface area contributed by atoms with Gasteiger partial charge in [0.15, 0.2) is 0 Å². The van der Waals surface area contributed by atoms with Crippen LogP contribution in [0.25, 0.3) is 0 Å². The summed E-state index contributed by atoms with van der Waals surface area (Å²) in [5, 5.41) is 24.7. The number of carboxylic acid groups (broad SMARTS) is 2. The monoisotopic (exact) mass is 232 g/mol. The molecule has 0 saturated carbocycles. The predicted molar refractivity (Wildman–Crippen MR) is 56.0 cm³/mol. The molecule has 6 nitrogen and oxygen atoms in total. The summed E-state index contributed by atoms with van der Waals surface area (Å²) in [7, 11) is 0. The van der Waals surface area contributed by atoms with Gasteiger partial charge in [-0.25, -0.2) is 4.79 Å². The lowest BCUT2D eigenvalue weighted by atomic mass is 10.1. The zero-order chi connectivity index (χ0) is 13.3. The molecule has 0 radical (unpaired) electrons. The average Bonchev–Trinajstić information content (AvgIpc) is 2.00. The molecule has 0 bridgehead atoms. The van der Waals surface area contributed by atoms with E-state index in [0.29, 0.717) is 0 Å². The van der Waals surface area contributed by atoms with Gasteiger partial charge in [-0.05, 0) is 13.8 Å². The van der Waals surface area contributed by atoms with E-state index in [1.807, 2.05) is 0 Å². The van der Waals surface area contributed by atoms with E-state index in [0.717, 1.165) is 0 Å². The zero-order valence-corrected chi connectivity index (χ0v) is 9.27. The quantitative estimate of drug-likeness (QED) is 0.468. The van der Waals surface area contributed by atoms with Crippen molar-refractivity contribution in [3.63, 3.8) is 0 Å². The molecule has 1 unspecified atom stereocenters. The summed E-state index contributed by atoms with van der Waals surface area (Å²) in [4.78, 5) is 29.5. The van der Waals surface area contributed by atoms with E-state index < -0.39 is 18.0 Å². The Morgan fingerprint density at radius 1 is 1.25 bits per heavy atom. The maximum Gasteiger partial charge on any atom is 0.331 e. The second kappa shape index (κ2) is 8.60. The molecule has 0 aromatic carbocycles. The van der Waals surface area contributed by atoms with Gasteiger partial charge in [0, 0.05) is 12.0 Å².